The molecule has 2 rings (SSSR count). The number of nitrogens with one attached hydrogen (secondary N) is 3. The van der Waals surface area contributed by atoms with Crippen molar-refractivity contribution >= 4 is 11.8 Å². The van der Waals surface area contributed by atoms with Crippen molar-refractivity contribution in [2.45, 2.75) is 12.6 Å². The molecule has 2 aromatic carbocycles. The lowest BCUT2D eigenvalue weighted by Gasteiger charge is -2.14. The van der Waals surface area contributed by atoms with E-state index in [1.54, 1.807) is 12.1 Å². The summed E-state index contributed by atoms with van der Waals surface area (Å²) >= 11 is 0. The first-order chi connectivity index (χ1) is 13.9. The van der Waals surface area contributed by atoms with Gasteiger partial charge in [0.25, 0.3) is 11.8 Å². The number of hydrogen-bond donors (Lipinski definition) is 5. The maximum atomic E-state index is 12.3. The molecule has 1 atom stereocenters. The number of hydroxylamine groups is 1. The number of nitrogens with two attached hydrogens (primary N) is 1. The van der Waals surface area contributed by atoms with Crippen LogP contribution in [0.15, 0.2) is 48.5 Å². The van der Waals surface area contributed by atoms with Gasteiger partial charge in [0, 0.05) is 31.7 Å². The third-order valence-electron chi connectivity index (χ3n) is 4.47. The summed E-state index contributed by atoms with van der Waals surface area (Å²) in [5.41, 5.74) is 10.6. The van der Waals surface area contributed by atoms with E-state index < -0.39 is 17.9 Å². The molecule has 8 nitrogen and oxygen atoms in total. The van der Waals surface area contributed by atoms with Gasteiger partial charge in [0.15, 0.2) is 0 Å². The Hall–Kier alpha value is -2.78. The van der Waals surface area contributed by atoms with Gasteiger partial charge in [-0.25, -0.2) is 5.48 Å². The van der Waals surface area contributed by atoms with Crippen molar-refractivity contribution in [1.29, 1.82) is 0 Å². The lowest BCUT2D eigenvalue weighted by atomic mass is 10.0. The van der Waals surface area contributed by atoms with Gasteiger partial charge in [-0.2, -0.15) is 0 Å². The SMILES string of the molecule is CN(C)CCNCc1ccc(-c2ccc(C(=O)N[C@@H](CN)C(=O)NO)cc2)cc1. The zero-order chi connectivity index (χ0) is 21.2. The van der Waals surface area contributed by atoms with Crippen LogP contribution in [0.25, 0.3) is 11.1 Å². The summed E-state index contributed by atoms with van der Waals surface area (Å²) in [6, 6.07) is 14.3. The normalized spacial score (nSPS) is 11.9. The van der Waals surface area contributed by atoms with Crippen molar-refractivity contribution < 1.29 is 14.8 Å². The number of likely N-dealkylation sites (N-methyl/N-ethyl adjacent to an activating group) is 1. The monoisotopic (exact) mass is 399 g/mol. The Balaban J connectivity index is 1.95. The molecule has 0 radical (unpaired) electrons. The van der Waals surface area contributed by atoms with Gasteiger partial charge >= 0.3 is 0 Å². The van der Waals surface area contributed by atoms with Crippen LogP contribution in [0, 0.1) is 0 Å². The third-order valence-corrected chi connectivity index (χ3v) is 4.47. The van der Waals surface area contributed by atoms with Crippen LogP contribution in [-0.4, -0.2) is 61.7 Å². The minimum atomic E-state index is -0.994. The average molecular weight is 399 g/mol. The molecule has 29 heavy (non-hydrogen) atoms. The number of carbonyl (C=O) groups excluding carboxylic acids is 2. The lowest BCUT2D eigenvalue weighted by Crippen LogP contribution is -2.50. The van der Waals surface area contributed by atoms with Crippen LogP contribution in [-0.2, 0) is 11.3 Å². The molecule has 6 N–H and O–H groups in total. The maximum absolute atomic E-state index is 12.3. The number of hydrogen-bond acceptors (Lipinski definition) is 6. The van der Waals surface area contributed by atoms with Crippen molar-refractivity contribution in [1.82, 2.24) is 21.0 Å². The number of rotatable bonds is 10. The van der Waals surface area contributed by atoms with E-state index in [2.05, 4.69) is 27.7 Å². The standard InChI is InChI=1S/C21H29N5O3/c1-26(2)12-11-23-14-15-3-5-16(6-4-15)17-7-9-18(10-8-17)20(27)24-19(13-22)21(28)25-29/h3-10,19,23,29H,11-14,22H2,1-2H3,(H,24,27)(H,25,28)/t19-/m0/s1. The van der Waals surface area contributed by atoms with Gasteiger partial charge in [-0.15, -0.1) is 0 Å². The van der Waals surface area contributed by atoms with Crippen LogP contribution in [0.5, 0.6) is 0 Å². The Morgan fingerprint density at radius 1 is 1.03 bits per heavy atom. The smallest absolute Gasteiger partial charge is 0.267 e. The molecule has 0 saturated heterocycles. The van der Waals surface area contributed by atoms with E-state index in [0.717, 1.165) is 30.8 Å². The van der Waals surface area contributed by atoms with Crippen molar-refractivity contribution in [2.24, 2.45) is 5.73 Å². The van der Waals surface area contributed by atoms with Gasteiger partial charge in [-0.1, -0.05) is 36.4 Å². The summed E-state index contributed by atoms with van der Waals surface area (Å²) in [5, 5.41) is 14.6. The summed E-state index contributed by atoms with van der Waals surface area (Å²) in [6.07, 6.45) is 0. The first kappa shape index (κ1) is 22.5. The van der Waals surface area contributed by atoms with Gasteiger partial charge in [-0.3, -0.25) is 14.8 Å². The van der Waals surface area contributed by atoms with Crippen LogP contribution < -0.4 is 21.8 Å². The Labute approximate surface area is 171 Å². The summed E-state index contributed by atoms with van der Waals surface area (Å²) in [5.74, 6) is -1.19. The Morgan fingerprint density at radius 3 is 2.14 bits per heavy atom. The zero-order valence-corrected chi connectivity index (χ0v) is 16.8. The Morgan fingerprint density at radius 2 is 1.62 bits per heavy atom. The van der Waals surface area contributed by atoms with E-state index in [4.69, 9.17) is 10.9 Å². The second-order valence-corrected chi connectivity index (χ2v) is 6.99. The van der Waals surface area contributed by atoms with Crippen molar-refractivity contribution in [3.05, 3.63) is 59.7 Å². The molecule has 0 unspecified atom stereocenters. The van der Waals surface area contributed by atoms with Crippen LogP contribution in [0.1, 0.15) is 15.9 Å². The van der Waals surface area contributed by atoms with Gasteiger partial charge in [-0.05, 0) is 42.9 Å². The molecule has 156 valence electrons. The second kappa shape index (κ2) is 11.3. The number of benzene rings is 2. The molecule has 2 aromatic rings. The fourth-order valence-corrected chi connectivity index (χ4v) is 2.72. The van der Waals surface area contributed by atoms with Gasteiger partial charge < -0.3 is 21.3 Å². The molecule has 0 fully saturated rings. The molecule has 2 amide bonds. The first-order valence-corrected chi connectivity index (χ1v) is 9.44. The molecular weight excluding hydrogens is 370 g/mol. The molecule has 8 heteroatoms. The second-order valence-electron chi connectivity index (χ2n) is 6.99. The molecule has 0 aliphatic carbocycles. The number of amides is 2. The number of nitrogens with zero attached hydrogens (tertiary/aromatic N) is 1. The lowest BCUT2D eigenvalue weighted by molar-refractivity contribution is -0.130. The minimum Gasteiger partial charge on any atom is -0.339 e. The van der Waals surface area contributed by atoms with Gasteiger partial charge in [0.2, 0.25) is 0 Å². The molecule has 0 bridgehead atoms. The van der Waals surface area contributed by atoms with E-state index in [-0.39, 0.29) is 6.54 Å². The topological polar surface area (TPSA) is 120 Å². The average Bonchev–Trinajstić information content (AvgIpc) is 2.74. The molecule has 0 heterocycles. The summed E-state index contributed by atoms with van der Waals surface area (Å²) < 4.78 is 0. The van der Waals surface area contributed by atoms with E-state index in [9.17, 15) is 9.59 Å². The fraction of sp³-hybridized carbons (Fsp3) is 0.333. The van der Waals surface area contributed by atoms with Crippen molar-refractivity contribution in [2.75, 3.05) is 33.7 Å². The van der Waals surface area contributed by atoms with E-state index in [1.165, 1.54) is 11.0 Å². The minimum absolute atomic E-state index is 0.118. The molecule has 0 saturated carbocycles. The number of carbonyl (C=O) groups is 2. The molecular formula is C21H29N5O3. The van der Waals surface area contributed by atoms with Crippen LogP contribution in [0.2, 0.25) is 0 Å². The Kier molecular flexibility index (Phi) is 8.75. The predicted octanol–water partition coefficient (Wildman–Crippen LogP) is 0.567. The molecule has 0 aliphatic rings. The van der Waals surface area contributed by atoms with Crippen molar-refractivity contribution in [3.63, 3.8) is 0 Å². The van der Waals surface area contributed by atoms with E-state index in [1.807, 2.05) is 38.4 Å². The third kappa shape index (κ3) is 6.95. The summed E-state index contributed by atoms with van der Waals surface area (Å²) in [7, 11) is 4.10. The molecule has 0 aliphatic heterocycles. The fourth-order valence-electron chi connectivity index (χ4n) is 2.72. The van der Waals surface area contributed by atoms with Crippen molar-refractivity contribution in [3.8, 4) is 11.1 Å². The van der Waals surface area contributed by atoms with Crippen LogP contribution in [0.4, 0.5) is 0 Å². The summed E-state index contributed by atoms with van der Waals surface area (Å²) in [4.78, 5) is 25.8. The largest absolute Gasteiger partial charge is 0.339 e. The highest BCUT2D eigenvalue weighted by Crippen LogP contribution is 2.20. The van der Waals surface area contributed by atoms with Gasteiger partial charge in [0.05, 0.1) is 0 Å². The highest BCUT2D eigenvalue weighted by Gasteiger charge is 2.19. The molecule has 0 spiro atoms. The highest BCUT2D eigenvalue weighted by molar-refractivity contribution is 5.97. The quantitative estimate of drug-likeness (QED) is 0.226. The van der Waals surface area contributed by atoms with Crippen LogP contribution >= 0.6 is 0 Å². The highest BCUT2D eigenvalue weighted by atomic mass is 16.5. The van der Waals surface area contributed by atoms with Crippen LogP contribution in [0.3, 0.4) is 0 Å². The van der Waals surface area contributed by atoms with Gasteiger partial charge in [0.1, 0.15) is 6.04 Å². The maximum Gasteiger partial charge on any atom is 0.267 e. The molecule has 0 aromatic heterocycles. The zero-order valence-electron chi connectivity index (χ0n) is 16.8. The predicted molar refractivity (Wildman–Crippen MR) is 112 cm³/mol. The summed E-state index contributed by atoms with van der Waals surface area (Å²) in [6.45, 7) is 2.63. The van der Waals surface area contributed by atoms with E-state index >= 15 is 0 Å². The Bertz CT molecular complexity index is 791. The first-order valence-electron chi connectivity index (χ1n) is 9.44. The van der Waals surface area contributed by atoms with E-state index in [0.29, 0.717) is 5.56 Å².